The Balaban J connectivity index is 2.07. The molecular weight excluding hydrogens is 269 g/mol. The summed E-state index contributed by atoms with van der Waals surface area (Å²) in [4.78, 5) is 3.96. The Kier molecular flexibility index (Phi) is 4.12. The topological polar surface area (TPSA) is 34.1 Å². The van der Waals surface area contributed by atoms with Crippen molar-refractivity contribution in [3.05, 3.63) is 42.6 Å². The van der Waals surface area contributed by atoms with Gasteiger partial charge in [0.05, 0.1) is 7.11 Å². The van der Waals surface area contributed by atoms with Crippen molar-refractivity contribution in [2.75, 3.05) is 19.0 Å². The molecule has 0 unspecified atom stereocenters. The molecule has 0 aliphatic heterocycles. The Morgan fingerprint density at radius 3 is 2.20 bits per heavy atom. The predicted molar refractivity (Wildman–Crippen MR) is 70.8 cm³/mol. The van der Waals surface area contributed by atoms with E-state index >= 15 is 0 Å². The summed E-state index contributed by atoms with van der Waals surface area (Å²) in [6.07, 6.45) is -2.73. The van der Waals surface area contributed by atoms with Gasteiger partial charge >= 0.3 is 6.18 Å². The van der Waals surface area contributed by atoms with Crippen LogP contribution in [-0.4, -0.2) is 24.8 Å². The number of alkyl halides is 3. The number of pyridine rings is 1. The molecular formula is C14H13F3N2O. The summed E-state index contributed by atoms with van der Waals surface area (Å²) in [5.41, 5.74) is 1.74. The lowest BCUT2D eigenvalue weighted by Gasteiger charge is -2.09. The van der Waals surface area contributed by atoms with Crippen LogP contribution in [0, 0.1) is 0 Å². The van der Waals surface area contributed by atoms with Crippen molar-refractivity contribution in [1.29, 1.82) is 0 Å². The highest BCUT2D eigenvalue weighted by Gasteiger charge is 2.26. The highest BCUT2D eigenvalue weighted by molar-refractivity contribution is 5.64. The van der Waals surface area contributed by atoms with E-state index in [0.29, 0.717) is 0 Å². The minimum absolute atomic E-state index is 0.194. The van der Waals surface area contributed by atoms with Crippen LogP contribution in [0.1, 0.15) is 0 Å². The van der Waals surface area contributed by atoms with Crippen molar-refractivity contribution in [2.45, 2.75) is 6.18 Å². The molecule has 0 atom stereocenters. The van der Waals surface area contributed by atoms with Crippen LogP contribution in [0.5, 0.6) is 5.75 Å². The molecule has 20 heavy (non-hydrogen) atoms. The molecule has 1 aromatic heterocycles. The molecule has 1 heterocycles. The highest BCUT2D eigenvalue weighted by Crippen LogP contribution is 2.23. The molecule has 0 aliphatic carbocycles. The van der Waals surface area contributed by atoms with E-state index in [2.05, 4.69) is 10.3 Å². The number of nitrogens with zero attached hydrogens (tertiary/aromatic N) is 1. The summed E-state index contributed by atoms with van der Waals surface area (Å²) in [6, 6.07) is 10.6. The monoisotopic (exact) mass is 282 g/mol. The summed E-state index contributed by atoms with van der Waals surface area (Å²) in [5.74, 6) is 0.935. The molecule has 106 valence electrons. The number of hydrogen-bond donors (Lipinski definition) is 1. The Bertz CT molecular complexity index is 550. The number of halogens is 3. The summed E-state index contributed by atoms with van der Waals surface area (Å²) < 4.78 is 41.2. The van der Waals surface area contributed by atoms with E-state index in [1.54, 1.807) is 13.2 Å². The van der Waals surface area contributed by atoms with Crippen molar-refractivity contribution in [2.24, 2.45) is 0 Å². The number of hydrogen-bond acceptors (Lipinski definition) is 3. The number of ether oxygens (including phenoxy) is 1. The molecule has 1 N–H and O–H groups in total. The minimum atomic E-state index is -4.25. The van der Waals surface area contributed by atoms with Gasteiger partial charge in [0, 0.05) is 11.8 Å². The Labute approximate surface area is 114 Å². The zero-order valence-corrected chi connectivity index (χ0v) is 10.7. The fraction of sp³-hybridized carbons (Fsp3) is 0.214. The van der Waals surface area contributed by atoms with Gasteiger partial charge in [-0.2, -0.15) is 13.2 Å². The Hall–Kier alpha value is -2.24. The van der Waals surface area contributed by atoms with E-state index in [1.807, 2.05) is 24.3 Å². The number of nitrogens with one attached hydrogen (secondary N) is 1. The molecule has 0 amide bonds. The number of aromatic nitrogens is 1. The molecule has 1 aromatic carbocycles. The number of anilines is 1. The first-order chi connectivity index (χ1) is 9.48. The van der Waals surface area contributed by atoms with Crippen molar-refractivity contribution in [3.8, 4) is 16.9 Å². The van der Waals surface area contributed by atoms with Gasteiger partial charge in [0.1, 0.15) is 18.1 Å². The molecule has 0 saturated heterocycles. The maximum atomic E-state index is 12.1. The van der Waals surface area contributed by atoms with Gasteiger partial charge < -0.3 is 10.1 Å². The fourth-order valence-electron chi connectivity index (χ4n) is 1.64. The van der Waals surface area contributed by atoms with Gasteiger partial charge in [0.25, 0.3) is 0 Å². The van der Waals surface area contributed by atoms with E-state index in [1.165, 1.54) is 12.3 Å². The third-order valence-electron chi connectivity index (χ3n) is 2.66. The highest BCUT2D eigenvalue weighted by atomic mass is 19.4. The molecule has 0 saturated carbocycles. The molecule has 2 aromatic rings. The Morgan fingerprint density at radius 2 is 1.70 bits per heavy atom. The zero-order chi connectivity index (χ0) is 14.6. The van der Waals surface area contributed by atoms with Gasteiger partial charge in [-0.15, -0.1) is 0 Å². The van der Waals surface area contributed by atoms with Gasteiger partial charge in [-0.25, -0.2) is 4.98 Å². The van der Waals surface area contributed by atoms with E-state index in [-0.39, 0.29) is 5.82 Å². The van der Waals surface area contributed by atoms with E-state index < -0.39 is 12.7 Å². The second kappa shape index (κ2) is 5.81. The van der Waals surface area contributed by atoms with Crippen LogP contribution in [0.25, 0.3) is 11.1 Å². The maximum absolute atomic E-state index is 12.1. The third-order valence-corrected chi connectivity index (χ3v) is 2.66. The standard InChI is InChI=1S/C14H13F3N2O/c1-20-12-5-2-10(3-6-12)11-4-7-13(18-8-11)19-9-14(15,16)17/h2-8H,9H2,1H3,(H,18,19). The van der Waals surface area contributed by atoms with E-state index in [0.717, 1.165) is 16.9 Å². The van der Waals surface area contributed by atoms with Crippen LogP contribution in [0.3, 0.4) is 0 Å². The van der Waals surface area contributed by atoms with Crippen molar-refractivity contribution in [1.82, 2.24) is 4.98 Å². The molecule has 2 rings (SSSR count). The van der Waals surface area contributed by atoms with Gasteiger partial charge in [-0.1, -0.05) is 12.1 Å². The molecule has 3 nitrogen and oxygen atoms in total. The van der Waals surface area contributed by atoms with Crippen LogP contribution in [0.15, 0.2) is 42.6 Å². The Morgan fingerprint density at radius 1 is 1.05 bits per heavy atom. The summed E-state index contributed by atoms with van der Waals surface area (Å²) >= 11 is 0. The van der Waals surface area contributed by atoms with Gasteiger partial charge in [-0.3, -0.25) is 0 Å². The molecule has 0 spiro atoms. The van der Waals surface area contributed by atoms with Gasteiger partial charge in [0.15, 0.2) is 0 Å². The first-order valence-corrected chi connectivity index (χ1v) is 5.89. The average Bonchev–Trinajstić information content (AvgIpc) is 2.45. The largest absolute Gasteiger partial charge is 0.497 e. The summed E-state index contributed by atoms with van der Waals surface area (Å²) in [5, 5.41) is 2.23. The third kappa shape index (κ3) is 3.88. The number of rotatable bonds is 4. The molecule has 0 fully saturated rings. The quantitative estimate of drug-likeness (QED) is 0.927. The van der Waals surface area contributed by atoms with Gasteiger partial charge in [-0.05, 0) is 29.8 Å². The zero-order valence-electron chi connectivity index (χ0n) is 10.7. The van der Waals surface area contributed by atoms with Crippen LogP contribution in [-0.2, 0) is 0 Å². The molecule has 0 bridgehead atoms. The average molecular weight is 282 g/mol. The first kappa shape index (κ1) is 14.2. The van der Waals surface area contributed by atoms with E-state index in [9.17, 15) is 13.2 Å². The maximum Gasteiger partial charge on any atom is 0.405 e. The van der Waals surface area contributed by atoms with Crippen LogP contribution in [0.4, 0.5) is 19.0 Å². The number of methoxy groups -OCH3 is 1. The molecule has 0 radical (unpaired) electrons. The first-order valence-electron chi connectivity index (χ1n) is 5.89. The second-order valence-electron chi connectivity index (χ2n) is 4.13. The fourth-order valence-corrected chi connectivity index (χ4v) is 1.64. The van der Waals surface area contributed by atoms with Crippen LogP contribution >= 0.6 is 0 Å². The minimum Gasteiger partial charge on any atom is -0.497 e. The van der Waals surface area contributed by atoms with Crippen LogP contribution in [0.2, 0.25) is 0 Å². The second-order valence-corrected chi connectivity index (χ2v) is 4.13. The summed E-state index contributed by atoms with van der Waals surface area (Å²) in [6.45, 7) is -1.10. The van der Waals surface area contributed by atoms with Crippen molar-refractivity contribution >= 4 is 5.82 Å². The van der Waals surface area contributed by atoms with Crippen molar-refractivity contribution in [3.63, 3.8) is 0 Å². The lowest BCUT2D eigenvalue weighted by Crippen LogP contribution is -2.21. The predicted octanol–water partition coefficient (Wildman–Crippen LogP) is 3.73. The normalized spacial score (nSPS) is 11.2. The van der Waals surface area contributed by atoms with Crippen molar-refractivity contribution < 1.29 is 17.9 Å². The number of benzene rings is 1. The lowest BCUT2D eigenvalue weighted by molar-refractivity contribution is -0.115. The smallest absolute Gasteiger partial charge is 0.405 e. The summed E-state index contributed by atoms with van der Waals surface area (Å²) in [7, 11) is 1.58. The lowest BCUT2D eigenvalue weighted by atomic mass is 10.1. The molecule has 6 heteroatoms. The van der Waals surface area contributed by atoms with Gasteiger partial charge in [0.2, 0.25) is 0 Å². The molecule has 0 aliphatic rings. The van der Waals surface area contributed by atoms with E-state index in [4.69, 9.17) is 4.74 Å². The SMILES string of the molecule is COc1ccc(-c2ccc(NCC(F)(F)F)nc2)cc1. The van der Waals surface area contributed by atoms with Crippen LogP contribution < -0.4 is 10.1 Å².